The van der Waals surface area contributed by atoms with Crippen LogP contribution in [0.25, 0.3) is 0 Å². The van der Waals surface area contributed by atoms with Gasteiger partial charge in [0, 0.05) is 37.3 Å². The van der Waals surface area contributed by atoms with E-state index in [4.69, 9.17) is 14.7 Å². The number of anilines is 1. The molecule has 2 saturated heterocycles. The molecule has 6 rings (SSSR count). The smallest absolute Gasteiger partial charge is 0.318 e. The Bertz CT molecular complexity index is 1200. The molecule has 7 nitrogen and oxygen atoms in total. The van der Waals surface area contributed by atoms with Crippen LogP contribution < -0.4 is 15.0 Å². The van der Waals surface area contributed by atoms with Crippen molar-refractivity contribution in [3.63, 3.8) is 0 Å². The van der Waals surface area contributed by atoms with Gasteiger partial charge in [0.05, 0.1) is 18.2 Å². The number of hydrogen-bond acceptors (Lipinski definition) is 7. The van der Waals surface area contributed by atoms with E-state index in [1.54, 1.807) is 6.07 Å². The molecule has 0 bridgehead atoms. The second-order valence-corrected chi connectivity index (χ2v) is 11.5. The van der Waals surface area contributed by atoms with Crippen LogP contribution in [0.5, 0.6) is 6.01 Å². The number of likely N-dealkylation sites (N-methyl/N-ethyl adjacent to an activating group) is 1. The number of rotatable bonds is 5. The molecule has 0 radical (unpaired) electrons. The number of likely N-dealkylation sites (tertiary alicyclic amines) is 1. The summed E-state index contributed by atoms with van der Waals surface area (Å²) in [6.07, 6.45) is 8.37. The maximum absolute atomic E-state index is 14.4. The maximum atomic E-state index is 14.4. The van der Waals surface area contributed by atoms with Crippen LogP contribution in [0.4, 0.5) is 10.2 Å². The zero-order chi connectivity index (χ0) is 25.4. The summed E-state index contributed by atoms with van der Waals surface area (Å²) >= 11 is 0. The van der Waals surface area contributed by atoms with Crippen LogP contribution in [-0.2, 0) is 25.7 Å². The van der Waals surface area contributed by atoms with E-state index in [-0.39, 0.29) is 17.3 Å². The molecule has 2 fully saturated rings. The van der Waals surface area contributed by atoms with Crippen LogP contribution in [-0.4, -0.2) is 66.8 Å². The van der Waals surface area contributed by atoms with Crippen LogP contribution in [0.2, 0.25) is 0 Å². The van der Waals surface area contributed by atoms with Crippen molar-refractivity contribution in [2.24, 2.45) is 5.41 Å². The topological polar surface area (TPSA) is 77.3 Å². The molecular weight excluding hydrogens is 467 g/mol. The van der Waals surface area contributed by atoms with Gasteiger partial charge in [-0.1, -0.05) is 12.1 Å². The van der Waals surface area contributed by atoms with Crippen molar-refractivity contribution >= 4 is 5.82 Å². The molecule has 0 unspecified atom stereocenters. The fourth-order valence-electron chi connectivity index (χ4n) is 6.98. The summed E-state index contributed by atoms with van der Waals surface area (Å²) in [5.74, 6) is 0.924. The molecule has 1 spiro atoms. The van der Waals surface area contributed by atoms with Crippen molar-refractivity contribution in [3.8, 4) is 12.1 Å². The molecule has 2 aliphatic heterocycles. The minimum atomic E-state index is -0.0635. The fraction of sp³-hybridized carbons (Fsp3) is 0.621. The first-order valence-corrected chi connectivity index (χ1v) is 13.9. The zero-order valence-corrected chi connectivity index (χ0v) is 21.8. The van der Waals surface area contributed by atoms with Gasteiger partial charge < -0.3 is 19.9 Å². The van der Waals surface area contributed by atoms with E-state index in [1.807, 2.05) is 6.07 Å². The largest absolute Gasteiger partial charge is 0.462 e. The summed E-state index contributed by atoms with van der Waals surface area (Å²) in [7, 11) is 2.16. The Labute approximate surface area is 219 Å². The van der Waals surface area contributed by atoms with E-state index < -0.39 is 0 Å². The average molecular weight is 505 g/mol. The van der Waals surface area contributed by atoms with Gasteiger partial charge in [0.25, 0.3) is 0 Å². The summed E-state index contributed by atoms with van der Waals surface area (Å²) in [6, 6.07) is 8.86. The summed E-state index contributed by atoms with van der Waals surface area (Å²) in [4.78, 5) is 14.7. The molecule has 0 amide bonds. The van der Waals surface area contributed by atoms with Crippen LogP contribution in [0.1, 0.15) is 54.5 Å². The molecule has 2 aromatic rings. The molecule has 8 heteroatoms. The highest BCUT2D eigenvalue weighted by Crippen LogP contribution is 2.47. The van der Waals surface area contributed by atoms with Gasteiger partial charge in [-0.25, -0.2) is 4.39 Å². The van der Waals surface area contributed by atoms with Gasteiger partial charge >= 0.3 is 6.01 Å². The lowest BCUT2D eigenvalue weighted by Gasteiger charge is -2.43. The third kappa shape index (κ3) is 4.92. The predicted molar refractivity (Wildman–Crippen MR) is 140 cm³/mol. The average Bonchev–Trinajstić information content (AvgIpc) is 3.31. The lowest BCUT2D eigenvalue weighted by atomic mass is 9.63. The number of piperazine rings is 1. The van der Waals surface area contributed by atoms with Crippen LogP contribution in [0, 0.1) is 22.6 Å². The SMILES string of the molecule is CN1CCC[C@H]1COc1nc2c(c(N3CCN[C@@H](CC#N)C3)n1)CC[C@@]1(CCc3c(F)cccc3C1)C2. The molecule has 0 saturated carbocycles. The standard InChI is InChI=1S/C29H37FN6O/c1-35-14-3-5-22(35)19-37-28-33-26-17-29(10-7-23-20(16-29)4-2-6-25(23)30)11-8-24(26)27(34-28)36-15-13-32-21(18-36)9-12-31/h2,4,6,21-22,32H,3,5,7-11,13-19H2,1H3/t21-,22-,29+/m0/s1. The van der Waals surface area contributed by atoms with E-state index in [0.717, 1.165) is 93.8 Å². The number of nitrogens with zero attached hydrogens (tertiary/aromatic N) is 5. The minimum absolute atomic E-state index is 0.0635. The first-order chi connectivity index (χ1) is 18.0. The summed E-state index contributed by atoms with van der Waals surface area (Å²) in [6.45, 7) is 4.16. The second-order valence-electron chi connectivity index (χ2n) is 11.5. The monoisotopic (exact) mass is 504 g/mol. The van der Waals surface area contributed by atoms with Gasteiger partial charge in [-0.05, 0) is 87.6 Å². The number of halogens is 1. The van der Waals surface area contributed by atoms with Crippen molar-refractivity contribution in [1.29, 1.82) is 5.26 Å². The van der Waals surface area contributed by atoms with Crippen molar-refractivity contribution in [1.82, 2.24) is 20.2 Å². The van der Waals surface area contributed by atoms with Gasteiger partial charge in [-0.2, -0.15) is 15.2 Å². The first-order valence-electron chi connectivity index (χ1n) is 13.9. The number of nitriles is 1. The van der Waals surface area contributed by atoms with Crippen LogP contribution >= 0.6 is 0 Å². The molecule has 1 aromatic heterocycles. The number of benzene rings is 1. The molecule has 3 atom stereocenters. The Kier molecular flexibility index (Phi) is 6.76. The van der Waals surface area contributed by atoms with Gasteiger partial charge in [-0.15, -0.1) is 0 Å². The van der Waals surface area contributed by atoms with E-state index >= 15 is 0 Å². The normalized spacial score (nSPS) is 27.5. The molecule has 37 heavy (non-hydrogen) atoms. The Hall–Kier alpha value is -2.76. The molecule has 3 heterocycles. The quantitative estimate of drug-likeness (QED) is 0.668. The molecule has 4 aliphatic rings. The number of aromatic nitrogens is 2. The van der Waals surface area contributed by atoms with E-state index in [9.17, 15) is 9.65 Å². The summed E-state index contributed by atoms with van der Waals surface area (Å²) in [5.41, 5.74) is 4.50. The number of hydrogen-bond donors (Lipinski definition) is 1. The van der Waals surface area contributed by atoms with E-state index in [0.29, 0.717) is 25.1 Å². The lowest BCUT2D eigenvalue weighted by molar-refractivity contribution is 0.182. The van der Waals surface area contributed by atoms with E-state index in [2.05, 4.69) is 34.3 Å². The maximum Gasteiger partial charge on any atom is 0.318 e. The molecule has 196 valence electrons. The number of fused-ring (bicyclic) bond motifs is 2. The summed E-state index contributed by atoms with van der Waals surface area (Å²) < 4.78 is 20.7. The van der Waals surface area contributed by atoms with Gasteiger partial charge in [0.1, 0.15) is 18.2 Å². The van der Waals surface area contributed by atoms with Gasteiger partial charge in [-0.3, -0.25) is 0 Å². The van der Waals surface area contributed by atoms with Gasteiger partial charge in [0.15, 0.2) is 0 Å². The lowest BCUT2D eigenvalue weighted by Crippen LogP contribution is -2.51. The summed E-state index contributed by atoms with van der Waals surface area (Å²) in [5, 5.41) is 12.7. The Morgan fingerprint density at radius 3 is 2.86 bits per heavy atom. The van der Waals surface area contributed by atoms with Crippen molar-refractivity contribution in [3.05, 3.63) is 46.4 Å². The fourth-order valence-corrected chi connectivity index (χ4v) is 6.98. The Morgan fingerprint density at radius 1 is 1.19 bits per heavy atom. The third-order valence-electron chi connectivity index (χ3n) is 9.15. The second kappa shape index (κ2) is 10.2. The Balaban J connectivity index is 1.30. The van der Waals surface area contributed by atoms with Crippen LogP contribution in [0.15, 0.2) is 18.2 Å². The highest BCUT2D eigenvalue weighted by Gasteiger charge is 2.40. The Morgan fingerprint density at radius 2 is 2.05 bits per heavy atom. The van der Waals surface area contributed by atoms with Gasteiger partial charge in [0.2, 0.25) is 0 Å². The van der Waals surface area contributed by atoms with Crippen molar-refractivity contribution < 1.29 is 9.13 Å². The van der Waals surface area contributed by atoms with Crippen molar-refractivity contribution in [2.45, 2.75) is 69.9 Å². The molecular formula is C29H37FN6O. The highest BCUT2D eigenvalue weighted by molar-refractivity contribution is 5.52. The third-order valence-corrected chi connectivity index (χ3v) is 9.15. The van der Waals surface area contributed by atoms with Crippen LogP contribution in [0.3, 0.4) is 0 Å². The molecule has 2 aliphatic carbocycles. The molecule has 1 N–H and O–H groups in total. The first kappa shape index (κ1) is 24.6. The van der Waals surface area contributed by atoms with E-state index in [1.165, 1.54) is 12.0 Å². The van der Waals surface area contributed by atoms with Crippen molar-refractivity contribution in [2.75, 3.05) is 44.7 Å². The molecule has 1 aromatic carbocycles. The number of nitrogens with one attached hydrogen (secondary N) is 1. The highest BCUT2D eigenvalue weighted by atomic mass is 19.1. The number of ether oxygens (including phenoxy) is 1. The zero-order valence-electron chi connectivity index (χ0n) is 21.8. The predicted octanol–water partition coefficient (Wildman–Crippen LogP) is 3.44. The minimum Gasteiger partial charge on any atom is -0.462 e.